The van der Waals surface area contributed by atoms with Gasteiger partial charge in [-0.05, 0) is 19.1 Å². The van der Waals surface area contributed by atoms with E-state index in [0.717, 1.165) is 29.4 Å². The molecule has 0 amide bonds. The molecule has 2 heterocycles. The fourth-order valence-corrected chi connectivity index (χ4v) is 3.10. The van der Waals surface area contributed by atoms with Gasteiger partial charge in [-0.2, -0.15) is 11.8 Å². The normalized spacial score (nSPS) is 19.4. The molecule has 1 aromatic rings. The minimum atomic E-state index is 0.558. The van der Waals surface area contributed by atoms with Crippen molar-refractivity contribution in [2.24, 2.45) is 0 Å². The van der Waals surface area contributed by atoms with E-state index in [-0.39, 0.29) is 0 Å². The van der Waals surface area contributed by atoms with Crippen LogP contribution in [-0.2, 0) is 6.42 Å². The van der Waals surface area contributed by atoms with Crippen LogP contribution >= 0.6 is 11.8 Å². The summed E-state index contributed by atoms with van der Waals surface area (Å²) in [4.78, 5) is 9.07. The number of hydrogen-bond acceptors (Lipinski definition) is 5. The van der Waals surface area contributed by atoms with Crippen molar-refractivity contribution in [3.63, 3.8) is 0 Å². The molecule has 2 rings (SSSR count). The fourth-order valence-electron chi connectivity index (χ4n) is 1.95. The van der Waals surface area contributed by atoms with Gasteiger partial charge in [0.05, 0.1) is 0 Å². The van der Waals surface area contributed by atoms with Gasteiger partial charge in [0.25, 0.3) is 0 Å². The Labute approximate surface area is 107 Å². The maximum absolute atomic E-state index is 4.59. The van der Waals surface area contributed by atoms with Crippen molar-refractivity contribution in [1.29, 1.82) is 0 Å². The topological polar surface area (TPSA) is 49.8 Å². The second-order valence-electron chi connectivity index (χ2n) is 4.27. The maximum Gasteiger partial charge on any atom is 0.135 e. The van der Waals surface area contributed by atoms with Gasteiger partial charge >= 0.3 is 0 Å². The summed E-state index contributed by atoms with van der Waals surface area (Å²) in [5.74, 6) is 5.26. The lowest BCUT2D eigenvalue weighted by Gasteiger charge is -2.16. The Hall–Kier alpha value is -0.970. The van der Waals surface area contributed by atoms with Gasteiger partial charge in [-0.1, -0.05) is 6.92 Å². The number of nitrogens with one attached hydrogen (secondary N) is 2. The molecule has 17 heavy (non-hydrogen) atoms. The highest BCUT2D eigenvalue weighted by Crippen LogP contribution is 2.25. The van der Waals surface area contributed by atoms with Crippen LogP contribution in [0.4, 0.5) is 11.6 Å². The summed E-state index contributed by atoms with van der Waals surface area (Å²) >= 11 is 2.01. The van der Waals surface area contributed by atoms with Crippen LogP contribution < -0.4 is 10.6 Å². The largest absolute Gasteiger partial charge is 0.373 e. The van der Waals surface area contributed by atoms with E-state index in [9.17, 15) is 0 Å². The molecule has 0 aromatic carbocycles. The van der Waals surface area contributed by atoms with E-state index in [1.807, 2.05) is 18.8 Å². The summed E-state index contributed by atoms with van der Waals surface area (Å²) in [5.41, 5.74) is 1.11. The molecule has 1 unspecified atom stereocenters. The second kappa shape index (κ2) is 5.58. The molecular formula is C12H20N4S. The summed E-state index contributed by atoms with van der Waals surface area (Å²) < 4.78 is 0. The van der Waals surface area contributed by atoms with E-state index < -0.39 is 0 Å². The van der Waals surface area contributed by atoms with Crippen molar-refractivity contribution in [1.82, 2.24) is 9.97 Å². The third kappa shape index (κ3) is 2.83. The minimum Gasteiger partial charge on any atom is -0.373 e. The molecule has 94 valence electrons. The highest BCUT2D eigenvalue weighted by Gasteiger charge is 2.18. The van der Waals surface area contributed by atoms with E-state index in [2.05, 4.69) is 34.4 Å². The first kappa shape index (κ1) is 12.5. The molecule has 1 fully saturated rings. The van der Waals surface area contributed by atoms with Crippen molar-refractivity contribution >= 4 is 23.4 Å². The van der Waals surface area contributed by atoms with Gasteiger partial charge in [-0.25, -0.2) is 9.97 Å². The van der Waals surface area contributed by atoms with Crippen molar-refractivity contribution in [2.75, 3.05) is 29.2 Å². The minimum absolute atomic E-state index is 0.558. The number of thioether (sulfide) groups is 1. The molecule has 5 heteroatoms. The van der Waals surface area contributed by atoms with Crippen molar-refractivity contribution in [3.05, 3.63) is 11.4 Å². The highest BCUT2D eigenvalue weighted by molar-refractivity contribution is 7.99. The number of aromatic nitrogens is 2. The Balaban J connectivity index is 2.24. The van der Waals surface area contributed by atoms with Crippen LogP contribution in [0, 0.1) is 6.92 Å². The van der Waals surface area contributed by atoms with Gasteiger partial charge < -0.3 is 10.6 Å². The molecule has 0 saturated carbocycles. The zero-order valence-electron chi connectivity index (χ0n) is 10.7. The van der Waals surface area contributed by atoms with E-state index in [0.29, 0.717) is 6.04 Å². The summed E-state index contributed by atoms with van der Waals surface area (Å²) in [6.07, 6.45) is 2.09. The maximum atomic E-state index is 4.59. The SMILES string of the molecule is CCc1nc(NC)c(C)c(NC2CCSC2)n1. The summed E-state index contributed by atoms with van der Waals surface area (Å²) in [7, 11) is 1.91. The van der Waals surface area contributed by atoms with E-state index in [1.165, 1.54) is 17.9 Å². The predicted octanol–water partition coefficient (Wildman–Crippen LogP) is 2.31. The molecule has 1 atom stereocenters. The summed E-state index contributed by atoms with van der Waals surface area (Å²) in [6, 6.07) is 0.558. The molecule has 1 aliphatic heterocycles. The number of hydrogen-bond donors (Lipinski definition) is 2. The molecule has 1 aromatic heterocycles. The van der Waals surface area contributed by atoms with Crippen molar-refractivity contribution in [3.8, 4) is 0 Å². The van der Waals surface area contributed by atoms with Gasteiger partial charge in [0.15, 0.2) is 0 Å². The van der Waals surface area contributed by atoms with Crippen molar-refractivity contribution in [2.45, 2.75) is 32.7 Å². The third-order valence-corrected chi connectivity index (χ3v) is 4.18. The van der Waals surface area contributed by atoms with Gasteiger partial charge in [0, 0.05) is 30.8 Å². The van der Waals surface area contributed by atoms with Crippen LogP contribution in [0.5, 0.6) is 0 Å². The van der Waals surface area contributed by atoms with Crippen LogP contribution in [-0.4, -0.2) is 34.6 Å². The van der Waals surface area contributed by atoms with E-state index in [4.69, 9.17) is 0 Å². The predicted molar refractivity (Wildman–Crippen MR) is 75.0 cm³/mol. The van der Waals surface area contributed by atoms with Crippen molar-refractivity contribution < 1.29 is 0 Å². The molecule has 0 aliphatic carbocycles. The molecule has 4 nitrogen and oxygen atoms in total. The van der Waals surface area contributed by atoms with Crippen LogP contribution in [0.3, 0.4) is 0 Å². The zero-order chi connectivity index (χ0) is 12.3. The number of anilines is 2. The monoisotopic (exact) mass is 252 g/mol. The molecule has 1 aliphatic rings. The van der Waals surface area contributed by atoms with Gasteiger partial charge in [-0.15, -0.1) is 0 Å². The lowest BCUT2D eigenvalue weighted by Crippen LogP contribution is -2.21. The quantitative estimate of drug-likeness (QED) is 0.861. The van der Waals surface area contributed by atoms with Crippen LogP contribution in [0.25, 0.3) is 0 Å². The molecule has 0 radical (unpaired) electrons. The first-order valence-corrected chi connectivity index (χ1v) is 7.29. The molecular weight excluding hydrogens is 232 g/mol. The lowest BCUT2D eigenvalue weighted by atomic mass is 10.2. The smallest absolute Gasteiger partial charge is 0.135 e. The average Bonchev–Trinajstić information content (AvgIpc) is 2.84. The number of nitrogens with zero attached hydrogens (tertiary/aromatic N) is 2. The summed E-state index contributed by atoms with van der Waals surface area (Å²) in [5, 5.41) is 6.69. The van der Waals surface area contributed by atoms with E-state index >= 15 is 0 Å². The lowest BCUT2D eigenvalue weighted by molar-refractivity contribution is 0.798. The fraction of sp³-hybridized carbons (Fsp3) is 0.667. The Morgan fingerprint density at radius 2 is 2.12 bits per heavy atom. The highest BCUT2D eigenvalue weighted by atomic mass is 32.2. The van der Waals surface area contributed by atoms with Gasteiger partial charge in [0.1, 0.15) is 17.5 Å². The number of aryl methyl sites for hydroxylation is 1. The van der Waals surface area contributed by atoms with E-state index in [1.54, 1.807) is 0 Å². The standard InChI is InChI=1S/C12H20N4S/c1-4-10-15-11(13-3)8(2)12(16-10)14-9-5-6-17-7-9/h9H,4-7H2,1-3H3,(H2,13,14,15,16). The summed E-state index contributed by atoms with van der Waals surface area (Å²) in [6.45, 7) is 4.15. The van der Waals surface area contributed by atoms with Crippen LogP contribution in [0.2, 0.25) is 0 Å². The third-order valence-electron chi connectivity index (χ3n) is 3.02. The molecule has 0 bridgehead atoms. The number of rotatable bonds is 4. The molecule has 2 N–H and O–H groups in total. The van der Waals surface area contributed by atoms with Gasteiger partial charge in [0.2, 0.25) is 0 Å². The Morgan fingerprint density at radius 3 is 2.71 bits per heavy atom. The Morgan fingerprint density at radius 1 is 1.35 bits per heavy atom. The average molecular weight is 252 g/mol. The molecule has 1 saturated heterocycles. The zero-order valence-corrected chi connectivity index (χ0v) is 11.5. The van der Waals surface area contributed by atoms with Gasteiger partial charge in [-0.3, -0.25) is 0 Å². The van der Waals surface area contributed by atoms with Crippen LogP contribution in [0.15, 0.2) is 0 Å². The Bertz CT molecular complexity index is 388. The van der Waals surface area contributed by atoms with Crippen LogP contribution in [0.1, 0.15) is 24.7 Å². The first-order chi connectivity index (χ1) is 8.24. The molecule has 0 spiro atoms. The second-order valence-corrected chi connectivity index (χ2v) is 5.42. The Kier molecular flexibility index (Phi) is 4.10. The first-order valence-electron chi connectivity index (χ1n) is 6.14.